The molecule has 2 saturated heterocycles. The number of hydrogen-bond acceptors (Lipinski definition) is 7. The predicted octanol–water partition coefficient (Wildman–Crippen LogP) is 4.24. The summed E-state index contributed by atoms with van der Waals surface area (Å²) in [6, 6.07) is 10.8. The number of ketones is 1. The molecule has 4 heterocycles. The number of nitrogens with one attached hydrogen (secondary N) is 1. The van der Waals surface area contributed by atoms with Gasteiger partial charge in [-0.25, -0.2) is 9.50 Å². The Morgan fingerprint density at radius 1 is 1.22 bits per heavy atom. The van der Waals surface area contributed by atoms with Gasteiger partial charge in [-0.3, -0.25) is 9.59 Å². The Balaban J connectivity index is 0.00000148. The largest absolute Gasteiger partial charge is 0.438 e. The molecule has 3 aromatic rings. The fourth-order valence-corrected chi connectivity index (χ4v) is 4.42. The molecular weight excluding hydrogens is 458 g/mol. The highest BCUT2D eigenvalue weighted by molar-refractivity contribution is 5.91. The topological polar surface area (TPSA) is 98.1 Å². The van der Waals surface area contributed by atoms with Crippen LogP contribution in [0.2, 0.25) is 0 Å². The van der Waals surface area contributed by atoms with Gasteiger partial charge in [-0.15, -0.1) is 5.10 Å². The van der Waals surface area contributed by atoms with E-state index in [9.17, 15) is 9.59 Å². The smallest absolute Gasteiger partial charge is 0.237 e. The number of ether oxygens (including phenoxy) is 2. The molecule has 1 aromatic carbocycles. The van der Waals surface area contributed by atoms with Crippen LogP contribution in [-0.4, -0.2) is 57.5 Å². The van der Waals surface area contributed by atoms with E-state index in [0.717, 1.165) is 44.0 Å². The first kappa shape index (κ1) is 25.4. The lowest BCUT2D eigenvalue weighted by Gasteiger charge is -2.38. The molecule has 1 N–H and O–H groups in total. The quantitative estimate of drug-likeness (QED) is 0.503. The maximum atomic E-state index is 12.6. The van der Waals surface area contributed by atoms with Gasteiger partial charge in [0.05, 0.1) is 25.8 Å². The summed E-state index contributed by atoms with van der Waals surface area (Å²) in [7, 11) is 0. The molecule has 2 fully saturated rings. The number of benzene rings is 1. The van der Waals surface area contributed by atoms with Crippen molar-refractivity contribution >= 4 is 23.2 Å². The van der Waals surface area contributed by atoms with E-state index in [2.05, 4.69) is 26.9 Å². The Labute approximate surface area is 211 Å². The summed E-state index contributed by atoms with van der Waals surface area (Å²) in [5, 5.41) is 7.25. The Bertz CT molecular complexity index is 1260. The number of fused-ring (bicyclic) bond motifs is 1. The number of likely N-dealkylation sites (tertiary alicyclic amines) is 1. The number of Topliss-reactive ketones (excluding diaryl/α,β-unsaturated/α-hetero) is 1. The van der Waals surface area contributed by atoms with Crippen molar-refractivity contribution in [1.29, 1.82) is 0 Å². The summed E-state index contributed by atoms with van der Waals surface area (Å²) >= 11 is 0. The van der Waals surface area contributed by atoms with Crippen LogP contribution in [0.3, 0.4) is 0 Å². The van der Waals surface area contributed by atoms with E-state index in [1.54, 1.807) is 29.8 Å². The first-order valence-electron chi connectivity index (χ1n) is 12.3. The van der Waals surface area contributed by atoms with Gasteiger partial charge >= 0.3 is 0 Å². The van der Waals surface area contributed by atoms with Crippen LogP contribution >= 0.6 is 0 Å². The summed E-state index contributed by atoms with van der Waals surface area (Å²) in [4.78, 5) is 30.5. The Hall–Kier alpha value is -3.72. The van der Waals surface area contributed by atoms with Crippen molar-refractivity contribution in [2.24, 2.45) is 5.41 Å². The van der Waals surface area contributed by atoms with Crippen LogP contribution in [0, 0.1) is 5.41 Å². The molecular formula is C27H33N5O4. The maximum absolute atomic E-state index is 12.6. The van der Waals surface area contributed by atoms with Crippen molar-refractivity contribution in [1.82, 2.24) is 19.5 Å². The third-order valence-corrected chi connectivity index (χ3v) is 6.20. The monoisotopic (exact) mass is 491 g/mol. The molecule has 0 aliphatic carbocycles. The third-order valence-electron chi connectivity index (χ3n) is 6.20. The van der Waals surface area contributed by atoms with Gasteiger partial charge in [-0.2, -0.15) is 0 Å². The minimum absolute atomic E-state index is 0.0885. The second kappa shape index (κ2) is 10.9. The van der Waals surface area contributed by atoms with E-state index in [0.29, 0.717) is 29.5 Å². The fraction of sp³-hybridized carbons (Fsp3) is 0.407. The number of rotatable bonds is 8. The second-order valence-corrected chi connectivity index (χ2v) is 9.18. The van der Waals surface area contributed by atoms with Crippen molar-refractivity contribution in [3.05, 3.63) is 60.4 Å². The zero-order valence-corrected chi connectivity index (χ0v) is 21.1. The number of carbonyl (C=O) groups excluding carboxylic acids is 2. The molecule has 0 unspecified atom stereocenters. The number of imidazole rings is 1. The first-order chi connectivity index (χ1) is 17.4. The molecule has 2 aliphatic rings. The van der Waals surface area contributed by atoms with Crippen molar-refractivity contribution in [3.8, 4) is 11.6 Å². The van der Waals surface area contributed by atoms with E-state index >= 15 is 0 Å². The summed E-state index contributed by atoms with van der Waals surface area (Å²) < 4.78 is 12.8. The number of anilines is 1. The van der Waals surface area contributed by atoms with Crippen molar-refractivity contribution in [3.63, 3.8) is 0 Å². The number of hydrogen-bond donors (Lipinski definition) is 1. The molecule has 9 nitrogen and oxygen atoms in total. The van der Waals surface area contributed by atoms with E-state index in [1.807, 2.05) is 38.1 Å². The van der Waals surface area contributed by atoms with Gasteiger partial charge in [0.15, 0.2) is 11.5 Å². The normalized spacial score (nSPS) is 15.7. The average Bonchev–Trinajstić information content (AvgIpc) is 3.44. The van der Waals surface area contributed by atoms with Crippen LogP contribution < -0.4 is 10.1 Å². The first-order valence-corrected chi connectivity index (χ1v) is 12.3. The molecule has 0 radical (unpaired) electrons. The standard InChI is InChI=1S/C25H27N5O4.C2H6/c1-17(29-9-8-25(14-29)15-33-16-25)10-23(32)27-21-13-30-22(26-21)6-7-24(28-30)34-20-5-3-4-19(12-20)11-18(2)31;1-2/h3-7,12-13H,1,8-11,14-16H2,2H3,(H,27,32);1-2H3. The highest BCUT2D eigenvalue weighted by atomic mass is 16.5. The van der Waals surface area contributed by atoms with E-state index < -0.39 is 0 Å². The summed E-state index contributed by atoms with van der Waals surface area (Å²) in [6.07, 6.45) is 3.29. The minimum Gasteiger partial charge on any atom is -0.438 e. The summed E-state index contributed by atoms with van der Waals surface area (Å²) in [5.41, 5.74) is 2.52. The molecule has 1 spiro atoms. The van der Waals surface area contributed by atoms with Crippen LogP contribution in [0.25, 0.3) is 5.65 Å². The second-order valence-electron chi connectivity index (χ2n) is 9.18. The van der Waals surface area contributed by atoms with Gasteiger partial charge in [-0.1, -0.05) is 32.6 Å². The lowest BCUT2D eigenvalue weighted by atomic mass is 9.85. The number of amides is 1. The van der Waals surface area contributed by atoms with E-state index in [-0.39, 0.29) is 23.5 Å². The van der Waals surface area contributed by atoms with Crippen molar-refractivity contribution < 1.29 is 19.1 Å². The molecule has 0 atom stereocenters. The minimum atomic E-state index is -0.169. The van der Waals surface area contributed by atoms with Gasteiger partial charge in [-0.05, 0) is 37.1 Å². The molecule has 5 rings (SSSR count). The third kappa shape index (κ3) is 5.91. The SMILES string of the molecule is C=C(CC(=O)Nc1cn2nc(Oc3cccc(CC(C)=O)c3)ccc2n1)N1CCC2(COC2)C1.CC. The molecule has 36 heavy (non-hydrogen) atoms. The zero-order chi connectivity index (χ0) is 25.7. The lowest BCUT2D eigenvalue weighted by molar-refractivity contribution is -0.117. The Morgan fingerprint density at radius 3 is 2.72 bits per heavy atom. The van der Waals surface area contributed by atoms with Crippen LogP contribution in [0.15, 0.2) is 54.9 Å². The van der Waals surface area contributed by atoms with Gasteiger partial charge in [0, 0.05) is 36.7 Å². The van der Waals surface area contributed by atoms with Crippen molar-refractivity contribution in [2.45, 2.75) is 40.0 Å². The molecule has 1 amide bonds. The van der Waals surface area contributed by atoms with Crippen LogP contribution in [0.4, 0.5) is 5.82 Å². The van der Waals surface area contributed by atoms with Crippen molar-refractivity contribution in [2.75, 3.05) is 31.6 Å². The number of carbonyl (C=O) groups is 2. The van der Waals surface area contributed by atoms with Gasteiger partial charge in [0.1, 0.15) is 11.5 Å². The molecule has 2 aromatic heterocycles. The summed E-state index contributed by atoms with van der Waals surface area (Å²) in [5.74, 6) is 1.30. The average molecular weight is 492 g/mol. The van der Waals surface area contributed by atoms with Gasteiger partial charge in [0.2, 0.25) is 11.8 Å². The zero-order valence-electron chi connectivity index (χ0n) is 21.1. The van der Waals surface area contributed by atoms with Crippen LogP contribution in [0.5, 0.6) is 11.6 Å². The van der Waals surface area contributed by atoms with E-state index in [1.165, 1.54) is 0 Å². The van der Waals surface area contributed by atoms with Gasteiger partial charge in [0.25, 0.3) is 0 Å². The lowest BCUT2D eigenvalue weighted by Crippen LogP contribution is -2.44. The molecule has 0 saturated carbocycles. The Morgan fingerprint density at radius 2 is 2.03 bits per heavy atom. The van der Waals surface area contributed by atoms with Crippen LogP contribution in [-0.2, 0) is 20.7 Å². The highest BCUT2D eigenvalue weighted by Gasteiger charge is 2.44. The van der Waals surface area contributed by atoms with E-state index in [4.69, 9.17) is 9.47 Å². The maximum Gasteiger partial charge on any atom is 0.237 e. The van der Waals surface area contributed by atoms with Crippen LogP contribution in [0.1, 0.15) is 39.2 Å². The number of aromatic nitrogens is 3. The summed E-state index contributed by atoms with van der Waals surface area (Å²) in [6.45, 7) is 13.1. The fourth-order valence-electron chi connectivity index (χ4n) is 4.42. The Kier molecular flexibility index (Phi) is 7.69. The van der Waals surface area contributed by atoms with Gasteiger partial charge < -0.3 is 19.7 Å². The predicted molar refractivity (Wildman–Crippen MR) is 137 cm³/mol. The highest BCUT2D eigenvalue weighted by Crippen LogP contribution is 2.39. The number of nitrogens with zero attached hydrogens (tertiary/aromatic N) is 4. The molecule has 9 heteroatoms. The molecule has 190 valence electrons. The molecule has 2 aliphatic heterocycles. The molecule has 0 bridgehead atoms.